The molecule has 12 nitrogen and oxygen atoms in total. The molecule has 3 aromatic rings. The van der Waals surface area contributed by atoms with Crippen LogP contribution in [-0.2, 0) is 11.3 Å². The highest BCUT2D eigenvalue weighted by Gasteiger charge is 2.19. The fourth-order valence-corrected chi connectivity index (χ4v) is 4.51. The molecule has 192 valence electrons. The Morgan fingerprint density at radius 1 is 1.08 bits per heavy atom. The number of aromatic carboxylic acids is 1. The number of nitrogens with zero attached hydrogens (tertiary/aromatic N) is 4. The molecular formula is C23H28N6O6S. The molecule has 0 unspecified atom stereocenters. The van der Waals surface area contributed by atoms with Crippen LogP contribution in [0.5, 0.6) is 17.2 Å². The van der Waals surface area contributed by atoms with E-state index in [9.17, 15) is 9.90 Å². The zero-order valence-corrected chi connectivity index (χ0v) is 21.3. The van der Waals surface area contributed by atoms with Gasteiger partial charge in [-0.15, -0.1) is 0 Å². The highest BCUT2D eigenvalue weighted by atomic mass is 32.1. The number of aryl methyl sites for hydroxylation is 1. The van der Waals surface area contributed by atoms with E-state index in [0.717, 1.165) is 22.7 Å². The summed E-state index contributed by atoms with van der Waals surface area (Å²) in [4.78, 5) is 27.2. The molecule has 0 radical (unpaired) electrons. The van der Waals surface area contributed by atoms with Crippen LogP contribution in [0.3, 0.4) is 0 Å². The van der Waals surface area contributed by atoms with Crippen molar-refractivity contribution in [3.63, 3.8) is 0 Å². The molecule has 0 aliphatic carbocycles. The average Bonchev–Trinajstić information content (AvgIpc) is 3.27. The second-order valence-corrected chi connectivity index (χ2v) is 8.78. The topological polar surface area (TPSA) is 140 Å². The third-order valence-electron chi connectivity index (χ3n) is 5.46. The minimum Gasteiger partial charge on any atom is -0.493 e. The van der Waals surface area contributed by atoms with Gasteiger partial charge in [-0.05, 0) is 24.6 Å². The molecule has 4 rings (SSSR count). The van der Waals surface area contributed by atoms with E-state index in [1.54, 1.807) is 28.3 Å². The summed E-state index contributed by atoms with van der Waals surface area (Å²) in [6, 6.07) is 5.59. The van der Waals surface area contributed by atoms with Crippen molar-refractivity contribution in [2.75, 3.05) is 63.2 Å². The lowest BCUT2D eigenvalue weighted by molar-refractivity contribution is 0.0701. The van der Waals surface area contributed by atoms with E-state index < -0.39 is 5.97 Å². The maximum Gasteiger partial charge on any atom is 0.347 e. The van der Waals surface area contributed by atoms with E-state index in [2.05, 4.69) is 30.5 Å². The Hall–Kier alpha value is -3.84. The van der Waals surface area contributed by atoms with Crippen LogP contribution < -0.4 is 29.7 Å². The van der Waals surface area contributed by atoms with Crippen LogP contribution in [0.4, 0.5) is 22.7 Å². The first-order valence-corrected chi connectivity index (χ1v) is 12.0. The minimum atomic E-state index is -1.02. The first-order chi connectivity index (χ1) is 17.4. The van der Waals surface area contributed by atoms with Gasteiger partial charge < -0.3 is 34.3 Å². The van der Waals surface area contributed by atoms with Crippen LogP contribution in [0.1, 0.15) is 20.9 Å². The van der Waals surface area contributed by atoms with Crippen molar-refractivity contribution in [2.24, 2.45) is 0 Å². The van der Waals surface area contributed by atoms with E-state index >= 15 is 0 Å². The molecule has 1 saturated heterocycles. The second kappa shape index (κ2) is 11.3. The first kappa shape index (κ1) is 25.3. The fraction of sp³-hybridized carbons (Fsp3) is 0.391. The standard InChI is InChI=1S/C23H28N6O6S/c1-13-20(21(30)31)36-23(25-13)28-22-26-17(11-18(27-22)29-5-7-35-8-6-29)24-12-14-9-15(32-2)19(34-4)16(10-14)33-3/h9-11H,5-8,12H2,1-4H3,(H,30,31)(H2,24,25,26,27,28). The van der Waals surface area contributed by atoms with Crippen molar-refractivity contribution in [3.05, 3.63) is 34.3 Å². The van der Waals surface area contributed by atoms with Gasteiger partial charge in [0.25, 0.3) is 0 Å². The van der Waals surface area contributed by atoms with Gasteiger partial charge in [-0.2, -0.15) is 9.97 Å². The lowest BCUT2D eigenvalue weighted by Gasteiger charge is -2.28. The molecule has 3 N–H and O–H groups in total. The van der Waals surface area contributed by atoms with Gasteiger partial charge in [0.05, 0.1) is 40.2 Å². The lowest BCUT2D eigenvalue weighted by atomic mass is 10.1. The molecular weight excluding hydrogens is 488 g/mol. The Labute approximate surface area is 212 Å². The number of thiazole rings is 1. The summed E-state index contributed by atoms with van der Waals surface area (Å²) in [5.41, 5.74) is 1.33. The van der Waals surface area contributed by atoms with E-state index in [1.807, 2.05) is 18.2 Å². The number of carboxylic acids is 1. The number of benzene rings is 1. The summed E-state index contributed by atoms with van der Waals surface area (Å²) in [5, 5.41) is 16.1. The van der Waals surface area contributed by atoms with Crippen molar-refractivity contribution in [1.29, 1.82) is 0 Å². The Morgan fingerprint density at radius 3 is 2.36 bits per heavy atom. The largest absolute Gasteiger partial charge is 0.493 e. The normalized spacial score (nSPS) is 13.3. The van der Waals surface area contributed by atoms with Crippen LogP contribution in [0.2, 0.25) is 0 Å². The predicted octanol–water partition coefficient (Wildman–Crippen LogP) is 3.16. The number of rotatable bonds is 10. The fourth-order valence-electron chi connectivity index (χ4n) is 3.71. The summed E-state index contributed by atoms with van der Waals surface area (Å²) in [7, 11) is 4.70. The number of anilines is 4. The highest BCUT2D eigenvalue weighted by molar-refractivity contribution is 7.17. The van der Waals surface area contributed by atoms with Gasteiger partial charge in [0.1, 0.15) is 16.5 Å². The van der Waals surface area contributed by atoms with Gasteiger partial charge in [0, 0.05) is 25.7 Å². The third kappa shape index (κ3) is 5.69. The number of morpholine rings is 1. The SMILES string of the molecule is COc1cc(CNc2cc(N3CCOCC3)nc(Nc3nc(C)c(C(=O)O)s3)n2)cc(OC)c1OC. The Kier molecular flexibility index (Phi) is 7.90. The molecule has 0 saturated carbocycles. The molecule has 13 heteroatoms. The molecule has 36 heavy (non-hydrogen) atoms. The van der Waals surface area contributed by atoms with Crippen molar-refractivity contribution in [1.82, 2.24) is 15.0 Å². The summed E-state index contributed by atoms with van der Waals surface area (Å²) < 4.78 is 21.8. The molecule has 1 aliphatic heterocycles. The first-order valence-electron chi connectivity index (χ1n) is 11.1. The maximum absolute atomic E-state index is 11.4. The molecule has 2 aromatic heterocycles. The number of hydrogen-bond acceptors (Lipinski definition) is 12. The number of hydrogen-bond donors (Lipinski definition) is 3. The zero-order chi connectivity index (χ0) is 25.7. The maximum atomic E-state index is 11.4. The van der Waals surface area contributed by atoms with Crippen molar-refractivity contribution in [3.8, 4) is 17.2 Å². The highest BCUT2D eigenvalue weighted by Crippen LogP contribution is 2.38. The van der Waals surface area contributed by atoms with E-state index in [-0.39, 0.29) is 4.88 Å². The Balaban J connectivity index is 1.61. The summed E-state index contributed by atoms with van der Waals surface area (Å²) in [6.45, 7) is 4.68. The number of aromatic nitrogens is 3. The van der Waals surface area contributed by atoms with Gasteiger partial charge in [-0.3, -0.25) is 5.32 Å². The van der Waals surface area contributed by atoms with Crippen LogP contribution in [0.15, 0.2) is 18.2 Å². The van der Waals surface area contributed by atoms with Crippen LogP contribution in [-0.4, -0.2) is 73.7 Å². The van der Waals surface area contributed by atoms with Gasteiger partial charge >= 0.3 is 5.97 Å². The molecule has 0 atom stereocenters. The summed E-state index contributed by atoms with van der Waals surface area (Å²) in [5.74, 6) is 2.21. The van der Waals surface area contributed by atoms with E-state index in [4.69, 9.17) is 18.9 Å². The van der Waals surface area contributed by atoms with Gasteiger partial charge in [0.15, 0.2) is 16.6 Å². The number of ether oxygens (including phenoxy) is 4. The lowest BCUT2D eigenvalue weighted by Crippen LogP contribution is -2.36. The molecule has 0 bridgehead atoms. The average molecular weight is 517 g/mol. The van der Waals surface area contributed by atoms with Crippen molar-refractivity contribution >= 4 is 40.0 Å². The second-order valence-electron chi connectivity index (χ2n) is 7.79. The number of nitrogens with one attached hydrogen (secondary N) is 2. The predicted molar refractivity (Wildman–Crippen MR) is 136 cm³/mol. The molecule has 1 aromatic carbocycles. The number of carbonyl (C=O) groups is 1. The van der Waals surface area contributed by atoms with Crippen LogP contribution >= 0.6 is 11.3 Å². The third-order valence-corrected chi connectivity index (χ3v) is 6.52. The molecule has 1 fully saturated rings. The molecule has 1 aliphatic rings. The Morgan fingerprint density at radius 2 is 1.78 bits per heavy atom. The number of carboxylic acid groups (broad SMARTS) is 1. The van der Waals surface area contributed by atoms with Crippen LogP contribution in [0.25, 0.3) is 0 Å². The van der Waals surface area contributed by atoms with Gasteiger partial charge in [-0.25, -0.2) is 9.78 Å². The zero-order valence-electron chi connectivity index (χ0n) is 20.5. The van der Waals surface area contributed by atoms with E-state index in [1.165, 1.54) is 0 Å². The van der Waals surface area contributed by atoms with Crippen LogP contribution in [0, 0.1) is 6.92 Å². The molecule has 0 amide bonds. The Bertz CT molecular complexity index is 1200. The monoisotopic (exact) mass is 516 g/mol. The minimum absolute atomic E-state index is 0.169. The quantitative estimate of drug-likeness (QED) is 0.364. The van der Waals surface area contributed by atoms with Crippen molar-refractivity contribution < 1.29 is 28.8 Å². The van der Waals surface area contributed by atoms with Crippen molar-refractivity contribution in [2.45, 2.75) is 13.5 Å². The van der Waals surface area contributed by atoms with E-state index in [0.29, 0.717) is 72.7 Å². The molecule has 0 spiro atoms. The van der Waals surface area contributed by atoms with Gasteiger partial charge in [-0.1, -0.05) is 11.3 Å². The number of methoxy groups -OCH3 is 3. The summed E-state index contributed by atoms with van der Waals surface area (Å²) >= 11 is 1.04. The van der Waals surface area contributed by atoms with Gasteiger partial charge in [0.2, 0.25) is 11.7 Å². The smallest absolute Gasteiger partial charge is 0.347 e. The molecule has 3 heterocycles. The summed E-state index contributed by atoms with van der Waals surface area (Å²) in [6.07, 6.45) is 0.